The molecule has 18 heavy (non-hydrogen) atoms. The molecule has 0 saturated heterocycles. The van der Waals surface area contributed by atoms with E-state index in [0.717, 1.165) is 4.90 Å². The number of aromatic nitrogens is 4. The molecule has 1 amide bonds. The number of aromatic amines is 1. The molecule has 0 saturated carbocycles. The van der Waals surface area contributed by atoms with E-state index in [2.05, 4.69) is 25.9 Å². The molecule has 2 aromatic rings. The number of hydrogen-bond acceptors (Lipinski definition) is 5. The lowest BCUT2D eigenvalue weighted by Crippen LogP contribution is -2.23. The summed E-state index contributed by atoms with van der Waals surface area (Å²) in [7, 11) is 0. The van der Waals surface area contributed by atoms with Crippen molar-refractivity contribution in [2.45, 2.75) is 11.4 Å². The molecular weight excluding hydrogens is 274 g/mol. The van der Waals surface area contributed by atoms with Gasteiger partial charge in [-0.1, -0.05) is 16.8 Å². The second-order valence-electron chi connectivity index (χ2n) is 3.36. The molecule has 0 unspecified atom stereocenters. The smallest absolute Gasteiger partial charge is 0.253 e. The van der Waals surface area contributed by atoms with Crippen molar-refractivity contribution < 1.29 is 4.79 Å². The topological polar surface area (TPSA) is 83.6 Å². The van der Waals surface area contributed by atoms with Crippen molar-refractivity contribution in [1.29, 1.82) is 0 Å². The molecule has 0 radical (unpaired) electrons. The lowest BCUT2D eigenvalue weighted by molar-refractivity contribution is 0.0950. The van der Waals surface area contributed by atoms with E-state index in [-0.39, 0.29) is 12.5 Å². The minimum absolute atomic E-state index is 0.204. The number of rotatable bonds is 4. The SMILES string of the molecule is CSc1ccc(Cl)c(C(=O)NCc2nn[nH]n2)c1. The average molecular weight is 284 g/mol. The van der Waals surface area contributed by atoms with Crippen LogP contribution in [0.5, 0.6) is 0 Å². The summed E-state index contributed by atoms with van der Waals surface area (Å²) in [6.07, 6.45) is 1.93. The van der Waals surface area contributed by atoms with E-state index in [0.29, 0.717) is 16.4 Å². The Labute approximate surface area is 112 Å². The number of carbonyl (C=O) groups is 1. The Morgan fingerprint density at radius 3 is 3.06 bits per heavy atom. The van der Waals surface area contributed by atoms with Gasteiger partial charge in [-0.2, -0.15) is 5.21 Å². The van der Waals surface area contributed by atoms with Gasteiger partial charge in [0.15, 0.2) is 5.82 Å². The zero-order valence-corrected chi connectivity index (χ0v) is 11.0. The minimum atomic E-state index is -0.263. The van der Waals surface area contributed by atoms with Crippen LogP contribution in [0.2, 0.25) is 5.02 Å². The fraction of sp³-hybridized carbons (Fsp3) is 0.200. The van der Waals surface area contributed by atoms with E-state index in [1.165, 1.54) is 0 Å². The Hall–Kier alpha value is -1.60. The number of nitrogens with zero attached hydrogens (tertiary/aromatic N) is 3. The maximum absolute atomic E-state index is 11.9. The van der Waals surface area contributed by atoms with Gasteiger partial charge in [0.05, 0.1) is 17.1 Å². The fourth-order valence-electron chi connectivity index (χ4n) is 1.32. The van der Waals surface area contributed by atoms with E-state index < -0.39 is 0 Å². The van der Waals surface area contributed by atoms with Crippen LogP contribution >= 0.6 is 23.4 Å². The summed E-state index contributed by atoms with van der Waals surface area (Å²) < 4.78 is 0. The molecule has 0 atom stereocenters. The maximum atomic E-state index is 11.9. The molecule has 0 aliphatic heterocycles. The molecule has 1 heterocycles. The Bertz CT molecular complexity index is 545. The van der Waals surface area contributed by atoms with Gasteiger partial charge in [-0.25, -0.2) is 0 Å². The monoisotopic (exact) mass is 283 g/mol. The summed E-state index contributed by atoms with van der Waals surface area (Å²) in [5.74, 6) is 0.154. The average Bonchev–Trinajstić information content (AvgIpc) is 2.89. The van der Waals surface area contributed by atoms with Crippen LogP contribution in [-0.2, 0) is 6.54 Å². The first-order valence-corrected chi connectivity index (χ1v) is 6.65. The van der Waals surface area contributed by atoms with Gasteiger partial charge in [0, 0.05) is 4.90 Å². The van der Waals surface area contributed by atoms with Gasteiger partial charge in [0.1, 0.15) is 0 Å². The molecule has 2 N–H and O–H groups in total. The van der Waals surface area contributed by atoms with Crippen molar-refractivity contribution in [2.75, 3.05) is 6.26 Å². The molecule has 94 valence electrons. The van der Waals surface area contributed by atoms with Crippen molar-refractivity contribution in [1.82, 2.24) is 25.9 Å². The van der Waals surface area contributed by atoms with Crippen LogP contribution in [0.4, 0.5) is 0 Å². The fourth-order valence-corrected chi connectivity index (χ4v) is 1.96. The Morgan fingerprint density at radius 1 is 1.56 bits per heavy atom. The first kappa shape index (κ1) is 12.8. The van der Waals surface area contributed by atoms with Gasteiger partial charge in [0.25, 0.3) is 5.91 Å². The summed E-state index contributed by atoms with van der Waals surface area (Å²) >= 11 is 7.54. The van der Waals surface area contributed by atoms with Gasteiger partial charge in [-0.3, -0.25) is 4.79 Å². The molecule has 0 fully saturated rings. The zero-order chi connectivity index (χ0) is 13.0. The number of H-pyrrole nitrogens is 1. The summed E-state index contributed by atoms with van der Waals surface area (Å²) in [6, 6.07) is 5.32. The number of carbonyl (C=O) groups excluding carboxylic acids is 1. The molecule has 6 nitrogen and oxygen atoms in total. The van der Waals surface area contributed by atoms with Crippen LogP contribution in [0.25, 0.3) is 0 Å². The number of benzene rings is 1. The maximum Gasteiger partial charge on any atom is 0.253 e. The van der Waals surface area contributed by atoms with Crippen LogP contribution in [-0.4, -0.2) is 32.8 Å². The highest BCUT2D eigenvalue weighted by atomic mass is 35.5. The third-order valence-corrected chi connectivity index (χ3v) is 3.27. The van der Waals surface area contributed by atoms with Gasteiger partial charge < -0.3 is 5.32 Å². The molecule has 0 bridgehead atoms. The lowest BCUT2D eigenvalue weighted by Gasteiger charge is -2.06. The highest BCUT2D eigenvalue weighted by Crippen LogP contribution is 2.22. The molecule has 1 aromatic carbocycles. The van der Waals surface area contributed by atoms with Gasteiger partial charge in [0.2, 0.25) is 0 Å². The Balaban J connectivity index is 2.08. The minimum Gasteiger partial charge on any atom is -0.345 e. The predicted molar refractivity (Wildman–Crippen MR) is 68.6 cm³/mol. The molecule has 1 aromatic heterocycles. The second kappa shape index (κ2) is 5.83. The van der Waals surface area contributed by atoms with Crippen molar-refractivity contribution in [3.63, 3.8) is 0 Å². The highest BCUT2D eigenvalue weighted by Gasteiger charge is 2.11. The predicted octanol–water partition coefficient (Wildman–Crippen LogP) is 1.50. The highest BCUT2D eigenvalue weighted by molar-refractivity contribution is 7.98. The molecule has 8 heteroatoms. The third kappa shape index (κ3) is 2.99. The van der Waals surface area contributed by atoms with Crippen molar-refractivity contribution in [3.8, 4) is 0 Å². The first-order chi connectivity index (χ1) is 8.70. The number of tetrazole rings is 1. The van der Waals surface area contributed by atoms with E-state index in [1.54, 1.807) is 23.9 Å². The molecule has 0 spiro atoms. The quantitative estimate of drug-likeness (QED) is 0.831. The van der Waals surface area contributed by atoms with Gasteiger partial charge >= 0.3 is 0 Å². The van der Waals surface area contributed by atoms with E-state index in [9.17, 15) is 4.79 Å². The summed E-state index contributed by atoms with van der Waals surface area (Å²) in [5.41, 5.74) is 0.437. The normalized spacial score (nSPS) is 10.3. The molecule has 0 aliphatic carbocycles. The second-order valence-corrected chi connectivity index (χ2v) is 4.64. The number of amides is 1. The first-order valence-electron chi connectivity index (χ1n) is 5.05. The van der Waals surface area contributed by atoms with E-state index in [1.807, 2.05) is 12.3 Å². The van der Waals surface area contributed by atoms with Crippen molar-refractivity contribution in [3.05, 3.63) is 34.6 Å². The molecular formula is C10H10ClN5OS. The number of hydrogen-bond donors (Lipinski definition) is 2. The van der Waals surface area contributed by atoms with Crippen LogP contribution in [0.15, 0.2) is 23.1 Å². The van der Waals surface area contributed by atoms with Crippen LogP contribution in [0.3, 0.4) is 0 Å². The van der Waals surface area contributed by atoms with E-state index in [4.69, 9.17) is 11.6 Å². The lowest BCUT2D eigenvalue weighted by atomic mass is 10.2. The van der Waals surface area contributed by atoms with Gasteiger partial charge in [-0.15, -0.1) is 22.0 Å². The van der Waals surface area contributed by atoms with Crippen molar-refractivity contribution in [2.24, 2.45) is 0 Å². The Morgan fingerprint density at radius 2 is 2.39 bits per heavy atom. The number of nitrogens with one attached hydrogen (secondary N) is 2. The largest absolute Gasteiger partial charge is 0.345 e. The molecule has 0 aliphatic rings. The van der Waals surface area contributed by atoms with Gasteiger partial charge in [-0.05, 0) is 24.5 Å². The zero-order valence-electron chi connectivity index (χ0n) is 9.48. The van der Waals surface area contributed by atoms with Crippen LogP contribution < -0.4 is 5.32 Å². The number of halogens is 1. The summed E-state index contributed by atoms with van der Waals surface area (Å²) in [5, 5.41) is 16.3. The number of thioether (sulfide) groups is 1. The van der Waals surface area contributed by atoms with Crippen LogP contribution in [0, 0.1) is 0 Å². The van der Waals surface area contributed by atoms with Crippen molar-refractivity contribution >= 4 is 29.3 Å². The standard InChI is InChI=1S/C10H10ClN5OS/c1-18-6-2-3-8(11)7(4-6)10(17)12-5-9-13-15-16-14-9/h2-4H,5H2,1H3,(H,12,17)(H,13,14,15,16). The molecule has 2 rings (SSSR count). The third-order valence-electron chi connectivity index (χ3n) is 2.21. The Kier molecular flexibility index (Phi) is 4.16. The van der Waals surface area contributed by atoms with Crippen LogP contribution in [0.1, 0.15) is 16.2 Å². The van der Waals surface area contributed by atoms with E-state index >= 15 is 0 Å². The summed E-state index contributed by atoms with van der Waals surface area (Å²) in [6.45, 7) is 0.204. The summed E-state index contributed by atoms with van der Waals surface area (Å²) in [4.78, 5) is 12.9.